The third kappa shape index (κ3) is 4.70. The molecule has 136 valence electrons. The van der Waals surface area contributed by atoms with E-state index >= 15 is 0 Å². The molecule has 0 N–H and O–H groups in total. The number of nitro benzene ring substituents is 1. The fourth-order valence-electron chi connectivity index (χ4n) is 2.45. The molecule has 0 fully saturated rings. The molecule has 27 heavy (non-hydrogen) atoms. The number of para-hydroxylation sites is 1. The van der Waals surface area contributed by atoms with Gasteiger partial charge in [0.25, 0.3) is 5.69 Å². The molecule has 3 aromatic carbocycles. The van der Waals surface area contributed by atoms with E-state index in [4.69, 9.17) is 9.47 Å². The summed E-state index contributed by atoms with van der Waals surface area (Å²) < 4.78 is 11.1. The monoisotopic (exact) mass is 363 g/mol. The molecule has 6 heteroatoms. The van der Waals surface area contributed by atoms with Gasteiger partial charge in [-0.2, -0.15) is 0 Å². The van der Waals surface area contributed by atoms with E-state index in [9.17, 15) is 14.9 Å². The summed E-state index contributed by atoms with van der Waals surface area (Å²) in [7, 11) is 0. The van der Waals surface area contributed by atoms with Crippen molar-refractivity contribution in [1.82, 2.24) is 0 Å². The summed E-state index contributed by atoms with van der Waals surface area (Å²) in [5.74, 6) is 0.596. The van der Waals surface area contributed by atoms with Crippen LogP contribution in [-0.2, 0) is 4.79 Å². The number of carbonyl (C=O) groups is 1. The molecule has 0 aliphatic carbocycles. The first-order valence-corrected chi connectivity index (χ1v) is 8.32. The van der Waals surface area contributed by atoms with E-state index in [1.165, 1.54) is 24.3 Å². The summed E-state index contributed by atoms with van der Waals surface area (Å²) in [5.41, 5.74) is 0.684. The minimum absolute atomic E-state index is 0.0615. The molecule has 1 unspecified atom stereocenters. The van der Waals surface area contributed by atoms with Crippen LogP contribution in [0.5, 0.6) is 17.2 Å². The van der Waals surface area contributed by atoms with Crippen molar-refractivity contribution in [1.29, 1.82) is 0 Å². The summed E-state index contributed by atoms with van der Waals surface area (Å²) in [5, 5.41) is 10.7. The van der Waals surface area contributed by atoms with Crippen LogP contribution in [0.2, 0.25) is 0 Å². The maximum atomic E-state index is 12.4. The van der Waals surface area contributed by atoms with Crippen LogP contribution in [0.25, 0.3) is 0 Å². The number of hydrogen-bond donors (Lipinski definition) is 0. The van der Waals surface area contributed by atoms with Crippen molar-refractivity contribution in [3.05, 3.63) is 94.5 Å². The molecule has 0 spiro atoms. The van der Waals surface area contributed by atoms with E-state index in [0.29, 0.717) is 11.5 Å². The SMILES string of the molecule is CC(C(=O)Oc1ccc([N+](=O)[O-])cc1)c1cccc(Oc2ccccc2)c1. The summed E-state index contributed by atoms with van der Waals surface area (Å²) in [6.45, 7) is 1.73. The summed E-state index contributed by atoms with van der Waals surface area (Å²) in [6.07, 6.45) is 0. The number of hydrogen-bond acceptors (Lipinski definition) is 5. The number of ether oxygens (including phenoxy) is 2. The minimum atomic E-state index is -0.528. The maximum absolute atomic E-state index is 12.4. The fraction of sp³-hybridized carbons (Fsp3) is 0.0952. The number of rotatable bonds is 6. The molecule has 3 rings (SSSR count). The predicted molar refractivity (Wildman–Crippen MR) is 100 cm³/mol. The molecule has 0 amide bonds. The normalized spacial score (nSPS) is 11.4. The molecule has 0 radical (unpaired) electrons. The highest BCUT2D eigenvalue weighted by Crippen LogP contribution is 2.27. The molecule has 3 aromatic rings. The van der Waals surface area contributed by atoms with E-state index in [0.717, 1.165) is 5.56 Å². The summed E-state index contributed by atoms with van der Waals surface area (Å²) >= 11 is 0. The highest BCUT2D eigenvalue weighted by atomic mass is 16.6. The Balaban J connectivity index is 1.69. The Morgan fingerprint density at radius 3 is 2.22 bits per heavy atom. The molecule has 0 aliphatic rings. The molecule has 6 nitrogen and oxygen atoms in total. The van der Waals surface area contributed by atoms with Gasteiger partial charge in [-0.15, -0.1) is 0 Å². The Labute approximate surface area is 156 Å². The van der Waals surface area contributed by atoms with Crippen molar-refractivity contribution in [2.45, 2.75) is 12.8 Å². The van der Waals surface area contributed by atoms with Crippen molar-refractivity contribution in [3.8, 4) is 17.2 Å². The quantitative estimate of drug-likeness (QED) is 0.264. The van der Waals surface area contributed by atoms with Crippen molar-refractivity contribution >= 4 is 11.7 Å². The Morgan fingerprint density at radius 1 is 0.889 bits per heavy atom. The number of benzene rings is 3. The Hall–Kier alpha value is -3.67. The van der Waals surface area contributed by atoms with Crippen molar-refractivity contribution in [2.24, 2.45) is 0 Å². The van der Waals surface area contributed by atoms with Gasteiger partial charge in [-0.05, 0) is 48.9 Å². The topological polar surface area (TPSA) is 78.7 Å². The third-order valence-electron chi connectivity index (χ3n) is 3.96. The van der Waals surface area contributed by atoms with Gasteiger partial charge in [0.05, 0.1) is 10.8 Å². The zero-order valence-corrected chi connectivity index (χ0v) is 14.6. The Bertz CT molecular complexity index is 938. The van der Waals surface area contributed by atoms with Crippen LogP contribution in [0.15, 0.2) is 78.9 Å². The Morgan fingerprint density at radius 2 is 1.56 bits per heavy atom. The third-order valence-corrected chi connectivity index (χ3v) is 3.96. The number of carbonyl (C=O) groups excluding carboxylic acids is 1. The molecule has 0 heterocycles. The van der Waals surface area contributed by atoms with Gasteiger partial charge in [0.15, 0.2) is 0 Å². The highest BCUT2D eigenvalue weighted by Gasteiger charge is 2.19. The average molecular weight is 363 g/mol. The van der Waals surface area contributed by atoms with Gasteiger partial charge >= 0.3 is 5.97 Å². The molecule has 0 saturated heterocycles. The van der Waals surface area contributed by atoms with Gasteiger partial charge in [0.1, 0.15) is 17.2 Å². The van der Waals surface area contributed by atoms with E-state index in [-0.39, 0.29) is 11.4 Å². The van der Waals surface area contributed by atoms with E-state index < -0.39 is 16.8 Å². The van der Waals surface area contributed by atoms with Gasteiger partial charge in [0.2, 0.25) is 0 Å². The zero-order chi connectivity index (χ0) is 19.2. The molecule has 0 aromatic heterocycles. The number of non-ortho nitro benzene ring substituents is 1. The van der Waals surface area contributed by atoms with Gasteiger partial charge in [-0.3, -0.25) is 14.9 Å². The van der Waals surface area contributed by atoms with E-state index in [1.54, 1.807) is 13.0 Å². The molecular formula is C21H17NO5. The van der Waals surface area contributed by atoms with Gasteiger partial charge in [-0.1, -0.05) is 30.3 Å². The molecule has 1 atom stereocenters. The van der Waals surface area contributed by atoms with Crippen LogP contribution in [0.1, 0.15) is 18.4 Å². The van der Waals surface area contributed by atoms with Crippen molar-refractivity contribution in [3.63, 3.8) is 0 Å². The molecular weight excluding hydrogens is 346 g/mol. The first-order chi connectivity index (χ1) is 13.0. The van der Waals surface area contributed by atoms with Crippen LogP contribution >= 0.6 is 0 Å². The Kier molecular flexibility index (Phi) is 5.47. The van der Waals surface area contributed by atoms with Crippen LogP contribution in [0.4, 0.5) is 5.69 Å². The second-order valence-corrected chi connectivity index (χ2v) is 5.88. The van der Waals surface area contributed by atoms with Gasteiger partial charge < -0.3 is 9.47 Å². The zero-order valence-electron chi connectivity index (χ0n) is 14.6. The second kappa shape index (κ2) is 8.14. The predicted octanol–water partition coefficient (Wildman–Crippen LogP) is 5.10. The van der Waals surface area contributed by atoms with Crippen LogP contribution in [-0.4, -0.2) is 10.9 Å². The average Bonchev–Trinajstić information content (AvgIpc) is 2.69. The number of esters is 1. The molecule has 0 aliphatic heterocycles. The lowest BCUT2D eigenvalue weighted by atomic mass is 10.0. The van der Waals surface area contributed by atoms with Crippen LogP contribution < -0.4 is 9.47 Å². The summed E-state index contributed by atoms with van der Waals surface area (Å²) in [6, 6.07) is 22.0. The summed E-state index contributed by atoms with van der Waals surface area (Å²) in [4.78, 5) is 22.6. The first-order valence-electron chi connectivity index (χ1n) is 8.32. The largest absolute Gasteiger partial charge is 0.457 e. The smallest absolute Gasteiger partial charge is 0.318 e. The van der Waals surface area contributed by atoms with Crippen molar-refractivity contribution < 1.29 is 19.2 Å². The lowest BCUT2D eigenvalue weighted by molar-refractivity contribution is -0.384. The first kappa shape index (κ1) is 18.1. The standard InChI is InChI=1S/C21H17NO5/c1-15(21(23)27-19-12-10-17(11-13-19)22(24)25)16-6-5-9-20(14-16)26-18-7-3-2-4-8-18/h2-15H,1H3. The number of nitrogens with zero attached hydrogens (tertiary/aromatic N) is 1. The maximum Gasteiger partial charge on any atom is 0.318 e. The van der Waals surface area contributed by atoms with E-state index in [2.05, 4.69) is 0 Å². The van der Waals surface area contributed by atoms with Crippen molar-refractivity contribution in [2.75, 3.05) is 0 Å². The number of nitro groups is 1. The van der Waals surface area contributed by atoms with E-state index in [1.807, 2.05) is 48.5 Å². The molecule has 0 saturated carbocycles. The van der Waals surface area contributed by atoms with Crippen LogP contribution in [0.3, 0.4) is 0 Å². The lowest BCUT2D eigenvalue weighted by Crippen LogP contribution is -2.16. The minimum Gasteiger partial charge on any atom is -0.457 e. The highest BCUT2D eigenvalue weighted by molar-refractivity contribution is 5.80. The second-order valence-electron chi connectivity index (χ2n) is 5.88. The van der Waals surface area contributed by atoms with Gasteiger partial charge in [0, 0.05) is 12.1 Å². The lowest BCUT2D eigenvalue weighted by Gasteiger charge is -2.13. The fourth-order valence-corrected chi connectivity index (χ4v) is 2.45. The van der Waals surface area contributed by atoms with Gasteiger partial charge in [-0.25, -0.2) is 0 Å². The molecule has 0 bridgehead atoms. The van der Waals surface area contributed by atoms with Crippen LogP contribution in [0, 0.1) is 10.1 Å².